The van der Waals surface area contributed by atoms with Gasteiger partial charge in [-0.3, -0.25) is 4.79 Å². The summed E-state index contributed by atoms with van der Waals surface area (Å²) in [5.74, 6) is 0.276. The minimum absolute atomic E-state index is 0.204. The van der Waals surface area contributed by atoms with Crippen LogP contribution in [0.2, 0.25) is 0 Å². The standard InChI is InChI=1S/C13H20N4O3/c1-8-5-6-9(17-11(8)14)16-10(18)7-15-12(19)20-13(2,3)4/h5-6H,7H2,1-4H3,(H,15,19)(H3,14,16,17,18). The van der Waals surface area contributed by atoms with E-state index in [1.54, 1.807) is 32.9 Å². The Morgan fingerprint density at radius 2 is 2.00 bits per heavy atom. The molecule has 1 aromatic heterocycles. The van der Waals surface area contributed by atoms with Crippen molar-refractivity contribution < 1.29 is 14.3 Å². The maximum Gasteiger partial charge on any atom is 0.408 e. The number of rotatable bonds is 3. The van der Waals surface area contributed by atoms with E-state index in [4.69, 9.17) is 10.5 Å². The van der Waals surface area contributed by atoms with E-state index in [0.717, 1.165) is 5.56 Å². The van der Waals surface area contributed by atoms with Crippen molar-refractivity contribution in [1.29, 1.82) is 0 Å². The number of pyridine rings is 1. The van der Waals surface area contributed by atoms with Crippen molar-refractivity contribution in [2.45, 2.75) is 33.3 Å². The highest BCUT2D eigenvalue weighted by Gasteiger charge is 2.16. The second kappa shape index (κ2) is 6.23. The number of aromatic nitrogens is 1. The first-order chi connectivity index (χ1) is 9.17. The molecule has 0 radical (unpaired) electrons. The Kier molecular flexibility index (Phi) is 4.90. The Morgan fingerprint density at radius 3 is 2.55 bits per heavy atom. The van der Waals surface area contributed by atoms with Crippen LogP contribution in [-0.4, -0.2) is 29.1 Å². The third-order valence-corrected chi connectivity index (χ3v) is 2.20. The van der Waals surface area contributed by atoms with E-state index in [2.05, 4.69) is 15.6 Å². The number of anilines is 2. The Balaban J connectivity index is 2.44. The molecule has 0 fully saturated rings. The summed E-state index contributed by atoms with van der Waals surface area (Å²) >= 11 is 0. The highest BCUT2D eigenvalue weighted by atomic mass is 16.6. The van der Waals surface area contributed by atoms with Crippen molar-refractivity contribution in [1.82, 2.24) is 10.3 Å². The van der Waals surface area contributed by atoms with Gasteiger partial charge < -0.3 is 21.1 Å². The molecule has 0 aliphatic heterocycles. The van der Waals surface area contributed by atoms with Crippen LogP contribution in [0.5, 0.6) is 0 Å². The largest absolute Gasteiger partial charge is 0.444 e. The molecule has 4 N–H and O–H groups in total. The third-order valence-electron chi connectivity index (χ3n) is 2.20. The molecule has 1 aromatic rings. The zero-order chi connectivity index (χ0) is 15.3. The number of hydrogen-bond acceptors (Lipinski definition) is 5. The lowest BCUT2D eigenvalue weighted by atomic mass is 10.2. The molecule has 0 spiro atoms. The van der Waals surface area contributed by atoms with Gasteiger partial charge in [0.05, 0.1) is 0 Å². The van der Waals surface area contributed by atoms with Gasteiger partial charge in [-0.1, -0.05) is 6.07 Å². The van der Waals surface area contributed by atoms with Gasteiger partial charge in [-0.15, -0.1) is 0 Å². The fourth-order valence-electron chi connectivity index (χ4n) is 1.27. The number of carbonyl (C=O) groups is 2. The van der Waals surface area contributed by atoms with E-state index in [1.807, 2.05) is 6.92 Å². The minimum Gasteiger partial charge on any atom is -0.444 e. The predicted octanol–water partition coefficient (Wildman–Crippen LogP) is 1.44. The van der Waals surface area contributed by atoms with Crippen LogP contribution in [0.1, 0.15) is 26.3 Å². The molecule has 0 unspecified atom stereocenters. The molecular formula is C13H20N4O3. The summed E-state index contributed by atoms with van der Waals surface area (Å²) < 4.78 is 5.01. The number of nitrogens with one attached hydrogen (secondary N) is 2. The van der Waals surface area contributed by atoms with Gasteiger partial charge in [0.15, 0.2) is 0 Å². The molecule has 0 atom stereocenters. The summed E-state index contributed by atoms with van der Waals surface area (Å²) in [4.78, 5) is 27.0. The first kappa shape index (κ1) is 15.7. The van der Waals surface area contributed by atoms with Crippen LogP contribution in [0.15, 0.2) is 12.1 Å². The van der Waals surface area contributed by atoms with Gasteiger partial charge in [0.1, 0.15) is 23.8 Å². The van der Waals surface area contributed by atoms with Crippen LogP contribution < -0.4 is 16.4 Å². The lowest BCUT2D eigenvalue weighted by molar-refractivity contribution is -0.115. The first-order valence-electron chi connectivity index (χ1n) is 6.17. The van der Waals surface area contributed by atoms with E-state index in [-0.39, 0.29) is 6.54 Å². The van der Waals surface area contributed by atoms with Crippen molar-refractivity contribution in [3.63, 3.8) is 0 Å². The summed E-state index contributed by atoms with van der Waals surface area (Å²) in [6, 6.07) is 3.39. The Bertz CT molecular complexity index is 509. The van der Waals surface area contributed by atoms with Crippen molar-refractivity contribution in [2.75, 3.05) is 17.6 Å². The Hall–Kier alpha value is -2.31. The van der Waals surface area contributed by atoms with E-state index >= 15 is 0 Å². The maximum absolute atomic E-state index is 11.6. The fraction of sp³-hybridized carbons (Fsp3) is 0.462. The summed E-state index contributed by atoms with van der Waals surface area (Å²) in [5, 5.41) is 4.88. The molecule has 1 heterocycles. The van der Waals surface area contributed by atoms with Gasteiger partial charge in [0, 0.05) is 0 Å². The van der Waals surface area contributed by atoms with Gasteiger partial charge in [-0.05, 0) is 39.3 Å². The van der Waals surface area contributed by atoms with Gasteiger partial charge >= 0.3 is 6.09 Å². The van der Waals surface area contributed by atoms with Crippen molar-refractivity contribution in [3.05, 3.63) is 17.7 Å². The molecule has 0 aliphatic rings. The molecule has 0 saturated heterocycles. The lowest BCUT2D eigenvalue weighted by Crippen LogP contribution is -2.37. The molecule has 0 bridgehead atoms. The van der Waals surface area contributed by atoms with Crippen LogP contribution in [0, 0.1) is 6.92 Å². The number of alkyl carbamates (subject to hydrolysis) is 1. The summed E-state index contributed by atoms with van der Waals surface area (Å²) in [6.45, 7) is 6.84. The fourth-order valence-corrected chi connectivity index (χ4v) is 1.27. The van der Waals surface area contributed by atoms with Gasteiger partial charge in [0.2, 0.25) is 5.91 Å². The van der Waals surface area contributed by atoms with Gasteiger partial charge in [-0.25, -0.2) is 9.78 Å². The van der Waals surface area contributed by atoms with Crippen molar-refractivity contribution in [2.24, 2.45) is 0 Å². The van der Waals surface area contributed by atoms with Crippen LogP contribution in [0.4, 0.5) is 16.4 Å². The zero-order valence-corrected chi connectivity index (χ0v) is 12.1. The Labute approximate surface area is 117 Å². The molecule has 7 heteroatoms. The van der Waals surface area contributed by atoms with E-state index in [9.17, 15) is 9.59 Å². The van der Waals surface area contributed by atoms with E-state index in [0.29, 0.717) is 11.6 Å². The number of nitrogens with two attached hydrogens (primary N) is 1. The quantitative estimate of drug-likeness (QED) is 0.776. The third kappa shape index (κ3) is 5.55. The average molecular weight is 280 g/mol. The molecule has 110 valence electrons. The smallest absolute Gasteiger partial charge is 0.408 e. The first-order valence-corrected chi connectivity index (χ1v) is 6.17. The van der Waals surface area contributed by atoms with Crippen molar-refractivity contribution in [3.8, 4) is 0 Å². The van der Waals surface area contributed by atoms with Gasteiger partial charge in [0.25, 0.3) is 0 Å². The molecule has 0 aromatic carbocycles. The number of carbonyl (C=O) groups excluding carboxylic acids is 2. The average Bonchev–Trinajstić information content (AvgIpc) is 2.29. The lowest BCUT2D eigenvalue weighted by Gasteiger charge is -2.19. The van der Waals surface area contributed by atoms with Gasteiger partial charge in [-0.2, -0.15) is 0 Å². The molecule has 1 rings (SSSR count). The zero-order valence-electron chi connectivity index (χ0n) is 12.1. The summed E-state index contributed by atoms with van der Waals surface area (Å²) in [6.07, 6.45) is -0.649. The van der Waals surface area contributed by atoms with Crippen LogP contribution in [0.3, 0.4) is 0 Å². The topological polar surface area (TPSA) is 106 Å². The number of hydrogen-bond donors (Lipinski definition) is 3. The monoisotopic (exact) mass is 280 g/mol. The van der Waals surface area contributed by atoms with E-state index in [1.165, 1.54) is 0 Å². The number of nitrogen functional groups attached to an aromatic ring is 1. The minimum atomic E-state index is -0.649. The van der Waals surface area contributed by atoms with Crippen LogP contribution in [-0.2, 0) is 9.53 Å². The number of amides is 2. The van der Waals surface area contributed by atoms with E-state index < -0.39 is 17.6 Å². The molecule has 20 heavy (non-hydrogen) atoms. The summed E-state index contributed by atoms with van der Waals surface area (Å²) in [7, 11) is 0. The number of aryl methyl sites for hydroxylation is 1. The number of nitrogens with zero attached hydrogens (tertiary/aromatic N) is 1. The molecular weight excluding hydrogens is 260 g/mol. The SMILES string of the molecule is Cc1ccc(NC(=O)CNC(=O)OC(C)(C)C)nc1N. The normalized spacial score (nSPS) is 10.8. The van der Waals surface area contributed by atoms with Crippen LogP contribution >= 0.6 is 0 Å². The molecule has 0 saturated carbocycles. The molecule has 7 nitrogen and oxygen atoms in total. The second-order valence-electron chi connectivity index (χ2n) is 5.30. The number of ether oxygens (including phenoxy) is 1. The highest BCUT2D eigenvalue weighted by Crippen LogP contribution is 2.11. The summed E-state index contributed by atoms with van der Waals surface area (Å²) in [5.41, 5.74) is 5.86. The second-order valence-corrected chi connectivity index (χ2v) is 5.30. The van der Waals surface area contributed by atoms with Crippen molar-refractivity contribution >= 4 is 23.6 Å². The van der Waals surface area contributed by atoms with Crippen LogP contribution in [0.25, 0.3) is 0 Å². The predicted molar refractivity (Wildman–Crippen MR) is 76.3 cm³/mol. The Morgan fingerprint density at radius 1 is 1.35 bits per heavy atom. The maximum atomic E-state index is 11.6. The molecule has 0 aliphatic carbocycles. The molecule has 2 amide bonds. The highest BCUT2D eigenvalue weighted by molar-refractivity contribution is 5.93.